The molecule has 0 bridgehead atoms. The van der Waals surface area contributed by atoms with Crippen LogP contribution in [0.5, 0.6) is 0 Å². The molecule has 2 aliphatic heterocycles. The summed E-state index contributed by atoms with van der Waals surface area (Å²) in [4.78, 5) is 17.2. The Morgan fingerprint density at radius 2 is 2.10 bits per heavy atom. The molecule has 3 N–H and O–H groups in total. The molecule has 158 valence electrons. The largest absolute Gasteiger partial charge is 0.379 e. The molecule has 2 fully saturated rings. The normalized spacial score (nSPS) is 20.3. The van der Waals surface area contributed by atoms with Crippen molar-refractivity contribution < 1.29 is 4.74 Å². The molecule has 0 radical (unpaired) electrons. The molecule has 2 aliphatic rings. The second-order valence-electron chi connectivity index (χ2n) is 7.79. The standard InChI is InChI=1S/C21H27N7OS/c1-3-16(13-22-5-1)24-18-11-15(14-28-7-9-29-10-8-28)12-19(26-18)27-21-25-17-4-2-6-23-20(17)30-21/h2,4,6,11-12,16,22H,1,3,5,7-10,13-14H2,(H2,24,25,26,27). The van der Waals surface area contributed by atoms with Gasteiger partial charge in [0.05, 0.1) is 13.2 Å². The molecule has 3 aromatic rings. The van der Waals surface area contributed by atoms with Gasteiger partial charge in [0.2, 0.25) is 0 Å². The second kappa shape index (κ2) is 9.22. The van der Waals surface area contributed by atoms with E-state index in [1.165, 1.54) is 12.0 Å². The average molecular weight is 426 g/mol. The highest BCUT2D eigenvalue weighted by Crippen LogP contribution is 2.27. The van der Waals surface area contributed by atoms with Gasteiger partial charge >= 0.3 is 0 Å². The topological polar surface area (TPSA) is 87.2 Å². The number of pyridine rings is 2. The predicted molar refractivity (Wildman–Crippen MR) is 121 cm³/mol. The highest BCUT2D eigenvalue weighted by atomic mass is 32.1. The molecule has 0 aromatic carbocycles. The maximum absolute atomic E-state index is 5.49. The van der Waals surface area contributed by atoms with Gasteiger partial charge in [-0.15, -0.1) is 0 Å². The first kappa shape index (κ1) is 19.6. The SMILES string of the molecule is c1cnc2sc(Nc3cc(CN4CCOCC4)cc(NC4CCCNC4)n3)nc2c1. The van der Waals surface area contributed by atoms with Crippen molar-refractivity contribution in [2.24, 2.45) is 0 Å². The van der Waals surface area contributed by atoms with Crippen LogP contribution >= 0.6 is 11.3 Å². The quantitative estimate of drug-likeness (QED) is 0.556. The van der Waals surface area contributed by atoms with E-state index < -0.39 is 0 Å². The molecule has 30 heavy (non-hydrogen) atoms. The number of ether oxygens (including phenoxy) is 1. The zero-order valence-electron chi connectivity index (χ0n) is 16.9. The molecule has 1 unspecified atom stereocenters. The number of hydrogen-bond donors (Lipinski definition) is 3. The van der Waals surface area contributed by atoms with Crippen LogP contribution in [-0.4, -0.2) is 65.3 Å². The van der Waals surface area contributed by atoms with Gasteiger partial charge in [0.25, 0.3) is 0 Å². The summed E-state index contributed by atoms with van der Waals surface area (Å²) < 4.78 is 5.49. The van der Waals surface area contributed by atoms with Crippen molar-refractivity contribution in [3.63, 3.8) is 0 Å². The van der Waals surface area contributed by atoms with Crippen LogP contribution in [0.2, 0.25) is 0 Å². The summed E-state index contributed by atoms with van der Waals surface area (Å²) in [6.07, 6.45) is 4.15. The van der Waals surface area contributed by atoms with Gasteiger partial charge in [-0.05, 0) is 49.2 Å². The van der Waals surface area contributed by atoms with Crippen LogP contribution in [0.15, 0.2) is 30.5 Å². The Bertz CT molecular complexity index is 911. The van der Waals surface area contributed by atoms with Gasteiger partial charge in [-0.25, -0.2) is 15.0 Å². The summed E-state index contributed by atoms with van der Waals surface area (Å²) >= 11 is 1.54. The van der Waals surface area contributed by atoms with Gasteiger partial charge < -0.3 is 20.7 Å². The number of hydrogen-bond acceptors (Lipinski definition) is 9. The Labute approximate surface area is 180 Å². The van der Waals surface area contributed by atoms with Crippen molar-refractivity contribution in [1.82, 2.24) is 25.2 Å². The van der Waals surface area contributed by atoms with Crippen molar-refractivity contribution >= 4 is 38.5 Å². The molecular formula is C21H27N7OS. The third-order valence-electron chi connectivity index (χ3n) is 5.45. The van der Waals surface area contributed by atoms with E-state index in [1.54, 1.807) is 17.5 Å². The fourth-order valence-electron chi connectivity index (χ4n) is 3.95. The van der Waals surface area contributed by atoms with Gasteiger partial charge in [0.15, 0.2) is 5.13 Å². The van der Waals surface area contributed by atoms with E-state index >= 15 is 0 Å². The van der Waals surface area contributed by atoms with Crippen molar-refractivity contribution in [1.29, 1.82) is 0 Å². The van der Waals surface area contributed by atoms with E-state index in [9.17, 15) is 0 Å². The van der Waals surface area contributed by atoms with Crippen LogP contribution in [0.1, 0.15) is 18.4 Å². The summed E-state index contributed by atoms with van der Waals surface area (Å²) in [6, 6.07) is 8.60. The van der Waals surface area contributed by atoms with Crippen LogP contribution < -0.4 is 16.0 Å². The molecule has 8 nitrogen and oxygen atoms in total. The Hall–Kier alpha value is -2.33. The molecule has 1 atom stereocenters. The Morgan fingerprint density at radius 1 is 1.20 bits per heavy atom. The number of aromatic nitrogens is 3. The second-order valence-corrected chi connectivity index (χ2v) is 8.77. The van der Waals surface area contributed by atoms with Crippen LogP contribution in [0, 0.1) is 0 Å². The van der Waals surface area contributed by atoms with Crippen LogP contribution in [0.25, 0.3) is 10.3 Å². The zero-order valence-corrected chi connectivity index (χ0v) is 17.7. The first-order valence-corrected chi connectivity index (χ1v) is 11.4. The number of nitrogens with zero attached hydrogens (tertiary/aromatic N) is 4. The monoisotopic (exact) mass is 425 g/mol. The first-order valence-electron chi connectivity index (χ1n) is 10.6. The lowest BCUT2D eigenvalue weighted by Crippen LogP contribution is -2.38. The summed E-state index contributed by atoms with van der Waals surface area (Å²) in [5, 5.41) is 11.3. The zero-order chi connectivity index (χ0) is 20.2. The molecule has 0 amide bonds. The van der Waals surface area contributed by atoms with Gasteiger partial charge in [-0.2, -0.15) is 0 Å². The molecule has 9 heteroatoms. The van der Waals surface area contributed by atoms with Crippen LogP contribution in [0.4, 0.5) is 16.8 Å². The minimum Gasteiger partial charge on any atom is -0.379 e. The third-order valence-corrected chi connectivity index (χ3v) is 6.34. The summed E-state index contributed by atoms with van der Waals surface area (Å²) in [6.45, 7) is 6.48. The minimum absolute atomic E-state index is 0.407. The molecule has 2 saturated heterocycles. The van der Waals surface area contributed by atoms with Crippen molar-refractivity contribution in [2.45, 2.75) is 25.4 Å². The predicted octanol–water partition coefficient (Wildman–Crippen LogP) is 2.83. The number of fused-ring (bicyclic) bond motifs is 1. The van der Waals surface area contributed by atoms with Gasteiger partial charge in [0, 0.05) is 38.4 Å². The summed E-state index contributed by atoms with van der Waals surface area (Å²) in [5.41, 5.74) is 2.14. The minimum atomic E-state index is 0.407. The van der Waals surface area contributed by atoms with Crippen molar-refractivity contribution in [3.8, 4) is 0 Å². The third kappa shape index (κ3) is 4.86. The Balaban J connectivity index is 1.38. The molecule has 5 rings (SSSR count). The average Bonchev–Trinajstić information content (AvgIpc) is 3.17. The number of nitrogens with one attached hydrogen (secondary N) is 3. The van der Waals surface area contributed by atoms with E-state index in [-0.39, 0.29) is 0 Å². The van der Waals surface area contributed by atoms with E-state index in [4.69, 9.17) is 9.72 Å². The number of rotatable bonds is 6. The lowest BCUT2D eigenvalue weighted by Gasteiger charge is -2.27. The Kier molecular flexibility index (Phi) is 6.03. The Morgan fingerprint density at radius 3 is 2.93 bits per heavy atom. The van der Waals surface area contributed by atoms with Gasteiger partial charge in [-0.3, -0.25) is 4.90 Å². The van der Waals surface area contributed by atoms with Crippen LogP contribution in [-0.2, 0) is 11.3 Å². The van der Waals surface area contributed by atoms with Crippen molar-refractivity contribution in [2.75, 3.05) is 50.0 Å². The maximum Gasteiger partial charge on any atom is 0.190 e. The molecule has 0 aliphatic carbocycles. The van der Waals surface area contributed by atoms with Crippen LogP contribution in [0.3, 0.4) is 0 Å². The summed E-state index contributed by atoms with van der Waals surface area (Å²) in [5.74, 6) is 1.72. The lowest BCUT2D eigenvalue weighted by molar-refractivity contribution is 0.0342. The maximum atomic E-state index is 5.49. The molecule has 0 saturated carbocycles. The molecule has 3 aromatic heterocycles. The smallest absolute Gasteiger partial charge is 0.190 e. The highest BCUT2D eigenvalue weighted by molar-refractivity contribution is 7.21. The highest BCUT2D eigenvalue weighted by Gasteiger charge is 2.16. The van der Waals surface area contributed by atoms with E-state index in [2.05, 4.69) is 43.0 Å². The summed E-state index contributed by atoms with van der Waals surface area (Å²) in [7, 11) is 0. The fraction of sp³-hybridized carbons (Fsp3) is 0.476. The molecule has 0 spiro atoms. The number of thiazole rings is 1. The first-order chi connectivity index (χ1) is 14.8. The number of anilines is 3. The van der Waals surface area contributed by atoms with E-state index in [0.29, 0.717) is 6.04 Å². The fourth-order valence-corrected chi connectivity index (χ4v) is 4.77. The number of piperidine rings is 1. The van der Waals surface area contributed by atoms with Crippen molar-refractivity contribution in [3.05, 3.63) is 36.0 Å². The van der Waals surface area contributed by atoms with E-state index in [1.807, 2.05) is 12.1 Å². The van der Waals surface area contributed by atoms with Gasteiger partial charge in [-0.1, -0.05) is 11.3 Å². The number of morpholine rings is 1. The van der Waals surface area contributed by atoms with E-state index in [0.717, 1.165) is 79.5 Å². The lowest BCUT2D eigenvalue weighted by atomic mass is 10.1. The molecular weight excluding hydrogens is 398 g/mol. The molecule has 5 heterocycles. The van der Waals surface area contributed by atoms with Gasteiger partial charge in [0.1, 0.15) is 22.0 Å².